The summed E-state index contributed by atoms with van der Waals surface area (Å²) in [5.74, 6) is 1.33. The number of anilines is 1. The number of hydrogen-bond acceptors (Lipinski definition) is 6. The first-order chi connectivity index (χ1) is 12.0. The van der Waals surface area contributed by atoms with Gasteiger partial charge in [0.25, 0.3) is 0 Å². The van der Waals surface area contributed by atoms with Crippen molar-refractivity contribution >= 4 is 26.9 Å². The third-order valence-electron chi connectivity index (χ3n) is 5.32. The van der Waals surface area contributed by atoms with Crippen LogP contribution in [-0.4, -0.2) is 64.4 Å². The Morgan fingerprint density at radius 2 is 1.92 bits per heavy atom. The van der Waals surface area contributed by atoms with E-state index in [1.165, 1.54) is 0 Å². The Bertz CT molecular complexity index is 868. The number of aromatic nitrogens is 4. The van der Waals surface area contributed by atoms with Gasteiger partial charge in [0, 0.05) is 33.7 Å². The van der Waals surface area contributed by atoms with E-state index in [0.717, 1.165) is 55.6 Å². The summed E-state index contributed by atoms with van der Waals surface area (Å²) in [5.41, 5.74) is 0.836. The summed E-state index contributed by atoms with van der Waals surface area (Å²) in [4.78, 5) is 11.0. The maximum absolute atomic E-state index is 12.3. The maximum atomic E-state index is 12.3. The molecule has 1 aliphatic carbocycles. The second kappa shape index (κ2) is 6.21. The Morgan fingerprint density at radius 1 is 1.20 bits per heavy atom. The molecule has 9 heteroatoms. The molecular weight excluding hydrogens is 340 g/mol. The van der Waals surface area contributed by atoms with E-state index in [9.17, 15) is 8.42 Å². The van der Waals surface area contributed by atoms with Crippen LogP contribution in [0.15, 0.2) is 12.5 Å². The third kappa shape index (κ3) is 3.10. The molecule has 1 aliphatic heterocycles. The van der Waals surface area contributed by atoms with Crippen LogP contribution in [0.5, 0.6) is 0 Å². The van der Waals surface area contributed by atoms with Gasteiger partial charge in [0.2, 0.25) is 10.0 Å². The zero-order valence-corrected chi connectivity index (χ0v) is 15.5. The van der Waals surface area contributed by atoms with Crippen molar-refractivity contribution in [3.05, 3.63) is 12.5 Å². The van der Waals surface area contributed by atoms with Gasteiger partial charge in [-0.1, -0.05) is 0 Å². The van der Waals surface area contributed by atoms with Gasteiger partial charge in [-0.3, -0.25) is 4.68 Å². The fourth-order valence-electron chi connectivity index (χ4n) is 3.62. The predicted octanol–water partition coefficient (Wildman–Crippen LogP) is 1.00. The topological polar surface area (TPSA) is 84.2 Å². The van der Waals surface area contributed by atoms with Crippen LogP contribution in [0.1, 0.15) is 25.7 Å². The second-order valence-electron chi connectivity index (χ2n) is 7.16. The van der Waals surface area contributed by atoms with Gasteiger partial charge >= 0.3 is 0 Å². The zero-order chi connectivity index (χ0) is 17.6. The van der Waals surface area contributed by atoms with Crippen molar-refractivity contribution in [2.45, 2.75) is 30.9 Å². The summed E-state index contributed by atoms with van der Waals surface area (Å²) >= 11 is 0. The molecule has 2 aromatic heterocycles. The normalized spacial score (nSPS) is 19.9. The van der Waals surface area contributed by atoms with E-state index in [-0.39, 0.29) is 5.25 Å². The molecule has 0 unspecified atom stereocenters. The van der Waals surface area contributed by atoms with Crippen LogP contribution < -0.4 is 4.90 Å². The second-order valence-corrected chi connectivity index (χ2v) is 9.48. The summed E-state index contributed by atoms with van der Waals surface area (Å²) in [6.07, 6.45) is 6.97. The Balaban J connectivity index is 1.41. The van der Waals surface area contributed by atoms with Gasteiger partial charge in [-0.25, -0.2) is 22.7 Å². The summed E-state index contributed by atoms with van der Waals surface area (Å²) in [6, 6.07) is 0. The highest BCUT2D eigenvalue weighted by Gasteiger charge is 2.39. The lowest BCUT2D eigenvalue weighted by molar-refractivity contribution is 0.327. The minimum atomic E-state index is -3.07. The number of fused-ring (bicyclic) bond motifs is 1. The molecule has 0 bridgehead atoms. The number of sulfonamides is 1. The van der Waals surface area contributed by atoms with Crippen LogP contribution >= 0.6 is 0 Å². The molecule has 0 atom stereocenters. The molecule has 25 heavy (non-hydrogen) atoms. The lowest BCUT2D eigenvalue weighted by Gasteiger charge is -2.34. The van der Waals surface area contributed by atoms with Gasteiger partial charge in [0.05, 0.1) is 16.8 Å². The van der Waals surface area contributed by atoms with Crippen molar-refractivity contribution in [2.24, 2.45) is 13.0 Å². The third-order valence-corrected chi connectivity index (χ3v) is 7.65. The van der Waals surface area contributed by atoms with Crippen molar-refractivity contribution in [1.82, 2.24) is 24.1 Å². The van der Waals surface area contributed by atoms with Crippen molar-refractivity contribution in [1.29, 1.82) is 0 Å². The number of piperidine rings is 1. The monoisotopic (exact) mass is 364 g/mol. The molecule has 0 N–H and O–H groups in total. The highest BCUT2D eigenvalue weighted by molar-refractivity contribution is 7.90. The molecule has 1 saturated carbocycles. The van der Waals surface area contributed by atoms with Gasteiger partial charge in [-0.05, 0) is 31.6 Å². The minimum Gasteiger partial charge on any atom is -0.356 e. The first kappa shape index (κ1) is 16.7. The van der Waals surface area contributed by atoms with Crippen molar-refractivity contribution in [2.75, 3.05) is 31.6 Å². The molecule has 2 fully saturated rings. The molecule has 8 nitrogen and oxygen atoms in total. The fraction of sp³-hybridized carbons (Fsp3) is 0.688. The standard InChI is InChI=1S/C16H24N6O2S/c1-20(25(23,24)13-3-4-13)10-12-5-7-22(8-6-12)16-14-9-19-21(2)15(14)17-11-18-16/h9,11-13H,3-8,10H2,1-2H3. The largest absolute Gasteiger partial charge is 0.356 e. The summed E-state index contributed by atoms with van der Waals surface area (Å²) in [6.45, 7) is 2.38. The van der Waals surface area contributed by atoms with E-state index in [1.807, 2.05) is 13.2 Å². The molecule has 2 aromatic rings. The van der Waals surface area contributed by atoms with Crippen molar-refractivity contribution < 1.29 is 8.42 Å². The van der Waals surface area contributed by atoms with Crippen molar-refractivity contribution in [3.8, 4) is 0 Å². The maximum Gasteiger partial charge on any atom is 0.216 e. The van der Waals surface area contributed by atoms with E-state index >= 15 is 0 Å². The lowest BCUT2D eigenvalue weighted by Crippen LogP contribution is -2.40. The molecule has 0 amide bonds. The van der Waals surface area contributed by atoms with Gasteiger partial charge in [0.15, 0.2) is 5.65 Å². The molecule has 1 saturated heterocycles. The van der Waals surface area contributed by atoms with Crippen LogP contribution in [0.4, 0.5) is 5.82 Å². The number of hydrogen-bond donors (Lipinski definition) is 0. The summed E-state index contributed by atoms with van der Waals surface area (Å²) < 4.78 is 27.9. The molecule has 2 aliphatic rings. The first-order valence-electron chi connectivity index (χ1n) is 8.79. The highest BCUT2D eigenvalue weighted by Crippen LogP contribution is 2.32. The van der Waals surface area contributed by atoms with Crippen LogP contribution in [0.3, 0.4) is 0 Å². The quantitative estimate of drug-likeness (QED) is 0.787. The lowest BCUT2D eigenvalue weighted by atomic mass is 9.97. The van der Waals surface area contributed by atoms with Crippen LogP contribution in [0.2, 0.25) is 0 Å². The number of nitrogens with zero attached hydrogens (tertiary/aromatic N) is 6. The summed E-state index contributed by atoms with van der Waals surface area (Å²) in [5, 5.41) is 5.11. The Hall–Kier alpha value is -1.74. The molecular formula is C16H24N6O2S. The van der Waals surface area contributed by atoms with Gasteiger partial charge in [-0.2, -0.15) is 5.10 Å². The molecule has 136 valence electrons. The van der Waals surface area contributed by atoms with Crippen molar-refractivity contribution in [3.63, 3.8) is 0 Å². The average molecular weight is 364 g/mol. The van der Waals surface area contributed by atoms with Gasteiger partial charge < -0.3 is 4.90 Å². The number of rotatable bonds is 5. The molecule has 3 heterocycles. The number of aryl methyl sites for hydroxylation is 1. The van der Waals surface area contributed by atoms with Crippen LogP contribution in [-0.2, 0) is 17.1 Å². The van der Waals surface area contributed by atoms with Crippen LogP contribution in [0, 0.1) is 5.92 Å². The zero-order valence-electron chi connectivity index (χ0n) is 14.7. The van der Waals surface area contributed by atoms with Gasteiger partial charge in [0.1, 0.15) is 12.1 Å². The Labute approximate surface area is 147 Å². The molecule has 0 spiro atoms. The van der Waals surface area contributed by atoms with Gasteiger partial charge in [-0.15, -0.1) is 0 Å². The SMILES string of the molecule is CN(CC1CCN(c2ncnc3c2cnn3C)CC1)S(=O)(=O)C1CC1. The van der Waals surface area contributed by atoms with E-state index < -0.39 is 10.0 Å². The van der Waals surface area contributed by atoms with Crippen LogP contribution in [0.25, 0.3) is 11.0 Å². The summed E-state index contributed by atoms with van der Waals surface area (Å²) in [7, 11) is 0.533. The Kier molecular flexibility index (Phi) is 4.15. The highest BCUT2D eigenvalue weighted by atomic mass is 32.2. The molecule has 4 rings (SSSR count). The minimum absolute atomic E-state index is 0.127. The molecule has 0 radical (unpaired) electrons. The first-order valence-corrected chi connectivity index (χ1v) is 10.3. The fourth-order valence-corrected chi connectivity index (χ4v) is 5.28. The predicted molar refractivity (Wildman–Crippen MR) is 95.8 cm³/mol. The van der Waals surface area contributed by atoms with E-state index in [0.29, 0.717) is 12.5 Å². The van der Waals surface area contributed by atoms with E-state index in [4.69, 9.17) is 0 Å². The van der Waals surface area contributed by atoms with E-state index in [1.54, 1.807) is 22.4 Å². The smallest absolute Gasteiger partial charge is 0.216 e. The van der Waals surface area contributed by atoms with E-state index in [2.05, 4.69) is 20.0 Å². The molecule has 0 aromatic carbocycles. The Morgan fingerprint density at radius 3 is 2.60 bits per heavy atom. The average Bonchev–Trinajstić information content (AvgIpc) is 3.40.